The van der Waals surface area contributed by atoms with Crippen molar-refractivity contribution in [2.75, 3.05) is 24.5 Å². The molecule has 0 radical (unpaired) electrons. The molecule has 3 aromatic carbocycles. The number of hydrogen-bond donors (Lipinski definition) is 0. The van der Waals surface area contributed by atoms with Crippen LogP contribution in [-0.4, -0.2) is 41.4 Å². The number of halogens is 1. The minimum Gasteiger partial charge on any atom is -0.310 e. The number of carbonyl (C=O) groups excluding carboxylic acids is 2. The van der Waals surface area contributed by atoms with Crippen molar-refractivity contribution < 1.29 is 9.59 Å². The Kier molecular flexibility index (Phi) is 6.16. The quantitative estimate of drug-likeness (QED) is 0.452. The average Bonchev–Trinajstić information content (AvgIpc) is 3.43. The van der Waals surface area contributed by atoms with E-state index in [1.165, 1.54) is 36.4 Å². The molecule has 5 rings (SSSR count). The van der Waals surface area contributed by atoms with Crippen molar-refractivity contribution in [3.8, 4) is 11.1 Å². The van der Waals surface area contributed by atoms with E-state index in [0.717, 1.165) is 23.2 Å². The third kappa shape index (κ3) is 4.80. The van der Waals surface area contributed by atoms with Gasteiger partial charge in [-0.2, -0.15) is 0 Å². The van der Waals surface area contributed by atoms with Crippen LogP contribution in [0.1, 0.15) is 24.0 Å². The summed E-state index contributed by atoms with van der Waals surface area (Å²) in [5.74, 6) is -0.204. The normalized spacial score (nSPS) is 16.8. The van der Waals surface area contributed by atoms with Crippen LogP contribution < -0.4 is 4.90 Å². The molecule has 33 heavy (non-hydrogen) atoms. The van der Waals surface area contributed by atoms with E-state index in [-0.39, 0.29) is 18.5 Å². The third-order valence-corrected chi connectivity index (χ3v) is 6.59. The number of carbonyl (C=O) groups is 2. The minimum absolute atomic E-state index is 0.0906. The smallest absolute Gasteiger partial charge is 0.310 e. The fourth-order valence-corrected chi connectivity index (χ4v) is 4.67. The second-order valence-electron chi connectivity index (χ2n) is 8.72. The summed E-state index contributed by atoms with van der Waals surface area (Å²) in [5, 5.41) is 0.685. The Hall–Kier alpha value is -3.15. The predicted molar refractivity (Wildman–Crippen MR) is 131 cm³/mol. The summed E-state index contributed by atoms with van der Waals surface area (Å²) in [6, 6.07) is 23.1. The van der Waals surface area contributed by atoms with Gasteiger partial charge in [-0.3, -0.25) is 9.69 Å². The molecule has 2 saturated heterocycles. The van der Waals surface area contributed by atoms with Gasteiger partial charge < -0.3 is 4.90 Å². The molecule has 0 aromatic heterocycles. The Labute approximate surface area is 199 Å². The molecule has 0 saturated carbocycles. The zero-order valence-electron chi connectivity index (χ0n) is 18.4. The first-order valence-electron chi connectivity index (χ1n) is 11.3. The van der Waals surface area contributed by atoms with E-state index in [2.05, 4.69) is 29.2 Å². The summed E-state index contributed by atoms with van der Waals surface area (Å²) in [5.41, 5.74) is 4.93. The molecule has 2 aliphatic rings. The van der Waals surface area contributed by atoms with Gasteiger partial charge in [0.25, 0.3) is 5.91 Å². The molecule has 0 spiro atoms. The molecular formula is C27H26ClN3O2. The molecule has 0 unspecified atom stereocenters. The monoisotopic (exact) mass is 459 g/mol. The largest absolute Gasteiger partial charge is 0.332 e. The Balaban J connectivity index is 1.24. The average molecular weight is 460 g/mol. The topological polar surface area (TPSA) is 43.9 Å². The number of urea groups is 1. The lowest BCUT2D eigenvalue weighted by molar-refractivity contribution is -0.116. The summed E-state index contributed by atoms with van der Waals surface area (Å²) in [6.07, 6.45) is 2.56. The third-order valence-electron chi connectivity index (χ3n) is 6.34. The van der Waals surface area contributed by atoms with Crippen LogP contribution in [0, 0.1) is 0 Å². The van der Waals surface area contributed by atoms with Crippen LogP contribution in [0.5, 0.6) is 0 Å². The minimum atomic E-state index is -0.277. The molecule has 5 nitrogen and oxygen atoms in total. The van der Waals surface area contributed by atoms with Gasteiger partial charge in [0.2, 0.25) is 0 Å². The molecule has 0 atom stereocenters. The van der Waals surface area contributed by atoms with Crippen LogP contribution in [0.3, 0.4) is 0 Å². The maximum Gasteiger partial charge on any atom is 0.332 e. The van der Waals surface area contributed by atoms with E-state index in [1.54, 1.807) is 4.90 Å². The molecule has 0 N–H and O–H groups in total. The van der Waals surface area contributed by atoms with Crippen LogP contribution in [0.4, 0.5) is 10.5 Å². The van der Waals surface area contributed by atoms with Gasteiger partial charge in [0.05, 0.1) is 5.69 Å². The van der Waals surface area contributed by atoms with Gasteiger partial charge in [-0.25, -0.2) is 9.69 Å². The maximum atomic E-state index is 13.0. The van der Waals surface area contributed by atoms with Crippen molar-refractivity contribution >= 4 is 29.2 Å². The van der Waals surface area contributed by atoms with Gasteiger partial charge >= 0.3 is 6.03 Å². The van der Waals surface area contributed by atoms with E-state index in [9.17, 15) is 9.59 Å². The van der Waals surface area contributed by atoms with Crippen LogP contribution in [0.25, 0.3) is 11.1 Å². The summed E-state index contributed by atoms with van der Waals surface area (Å²) in [6.45, 7) is 3.83. The standard InChI is InChI=1S/C27H26ClN3O2/c28-24-11-7-22(8-12-24)23-9-13-25(14-10-23)31-26(32)19-30(27(31)33)18-21-5-3-20(4-6-21)17-29-15-1-2-16-29/h3-14H,1-2,15-19H2. The number of benzene rings is 3. The number of nitrogens with zero attached hydrogens (tertiary/aromatic N) is 3. The van der Waals surface area contributed by atoms with Gasteiger partial charge in [-0.15, -0.1) is 0 Å². The van der Waals surface area contributed by atoms with Crippen molar-refractivity contribution in [3.63, 3.8) is 0 Å². The molecule has 2 heterocycles. The number of hydrogen-bond acceptors (Lipinski definition) is 3. The van der Waals surface area contributed by atoms with Crippen molar-refractivity contribution in [3.05, 3.63) is 88.9 Å². The van der Waals surface area contributed by atoms with Gasteiger partial charge in [-0.05, 0) is 72.5 Å². The van der Waals surface area contributed by atoms with Crippen molar-refractivity contribution in [2.45, 2.75) is 25.9 Å². The molecular weight excluding hydrogens is 434 g/mol. The highest BCUT2D eigenvalue weighted by molar-refractivity contribution is 6.30. The number of anilines is 1. The van der Waals surface area contributed by atoms with E-state index >= 15 is 0 Å². The summed E-state index contributed by atoms with van der Waals surface area (Å²) < 4.78 is 0. The second kappa shape index (κ2) is 9.38. The fourth-order valence-electron chi connectivity index (χ4n) is 4.54. The lowest BCUT2D eigenvalue weighted by Gasteiger charge is -2.18. The van der Waals surface area contributed by atoms with Crippen molar-refractivity contribution in [1.82, 2.24) is 9.80 Å². The van der Waals surface area contributed by atoms with Crippen molar-refractivity contribution in [1.29, 1.82) is 0 Å². The highest BCUT2D eigenvalue weighted by Gasteiger charge is 2.37. The number of imide groups is 1. The molecule has 6 heteroatoms. The summed E-state index contributed by atoms with van der Waals surface area (Å²) in [4.78, 5) is 31.0. The van der Waals surface area contributed by atoms with E-state index < -0.39 is 0 Å². The lowest BCUT2D eigenvalue weighted by atomic mass is 10.1. The van der Waals surface area contributed by atoms with Crippen molar-refractivity contribution in [2.24, 2.45) is 0 Å². The van der Waals surface area contributed by atoms with E-state index in [4.69, 9.17) is 11.6 Å². The molecule has 2 aliphatic heterocycles. The molecule has 3 aromatic rings. The van der Waals surface area contributed by atoms with E-state index in [0.29, 0.717) is 17.3 Å². The second-order valence-corrected chi connectivity index (χ2v) is 9.16. The first-order chi connectivity index (χ1) is 16.1. The zero-order valence-corrected chi connectivity index (χ0v) is 19.2. The Bertz CT molecular complexity index is 1140. The molecule has 168 valence electrons. The van der Waals surface area contributed by atoms with E-state index in [1.807, 2.05) is 48.5 Å². The molecule has 3 amide bonds. The fraction of sp³-hybridized carbons (Fsp3) is 0.259. The highest BCUT2D eigenvalue weighted by Crippen LogP contribution is 2.27. The number of likely N-dealkylation sites (tertiary alicyclic amines) is 1. The summed E-state index contributed by atoms with van der Waals surface area (Å²) in [7, 11) is 0. The number of amides is 3. The van der Waals surface area contributed by atoms with Gasteiger partial charge in [0.15, 0.2) is 0 Å². The molecule has 2 fully saturated rings. The van der Waals surface area contributed by atoms with Crippen LogP contribution in [0.2, 0.25) is 5.02 Å². The number of rotatable bonds is 6. The Morgan fingerprint density at radius 3 is 1.85 bits per heavy atom. The van der Waals surface area contributed by atoms with Gasteiger partial charge in [0, 0.05) is 18.1 Å². The SMILES string of the molecule is O=C1CN(Cc2ccc(CN3CCCC3)cc2)C(=O)N1c1ccc(-c2ccc(Cl)cc2)cc1. The van der Waals surface area contributed by atoms with Crippen LogP contribution in [0.15, 0.2) is 72.8 Å². The van der Waals surface area contributed by atoms with Gasteiger partial charge in [0.1, 0.15) is 6.54 Å². The first-order valence-corrected chi connectivity index (χ1v) is 11.7. The molecule has 0 aliphatic carbocycles. The van der Waals surface area contributed by atoms with Crippen LogP contribution in [-0.2, 0) is 17.9 Å². The maximum absolute atomic E-state index is 13.0. The predicted octanol–water partition coefficient (Wildman–Crippen LogP) is 5.57. The highest BCUT2D eigenvalue weighted by atomic mass is 35.5. The molecule has 0 bridgehead atoms. The first kappa shape index (κ1) is 21.7. The zero-order chi connectivity index (χ0) is 22.8. The summed E-state index contributed by atoms with van der Waals surface area (Å²) >= 11 is 5.97. The van der Waals surface area contributed by atoms with Crippen LogP contribution >= 0.6 is 11.6 Å². The Morgan fingerprint density at radius 1 is 0.697 bits per heavy atom. The Morgan fingerprint density at radius 2 is 1.24 bits per heavy atom. The lowest BCUT2D eigenvalue weighted by Crippen LogP contribution is -2.32. The van der Waals surface area contributed by atoms with Gasteiger partial charge in [-0.1, -0.05) is 60.1 Å².